The quantitative estimate of drug-likeness (QED) is 0.481. The van der Waals surface area contributed by atoms with E-state index in [1.165, 1.54) is 7.11 Å². The highest BCUT2D eigenvalue weighted by atomic mass is 16.6. The maximum absolute atomic E-state index is 12.9. The molecule has 2 aromatic carbocycles. The van der Waals surface area contributed by atoms with E-state index in [4.69, 9.17) is 4.74 Å². The molecule has 1 heterocycles. The standard InChI is InChI=1S/C20H17NO5/c1-25-19(23)16-9-7-15(8-10-16)17(13-14-5-3-2-4-6-14)18(22)21-11-12-26-20(21)24/h2-10,13H,11-12H2,1H3/b17-13+. The summed E-state index contributed by atoms with van der Waals surface area (Å²) in [6, 6.07) is 15.8. The molecular weight excluding hydrogens is 334 g/mol. The van der Waals surface area contributed by atoms with E-state index in [-0.39, 0.29) is 13.2 Å². The Labute approximate surface area is 150 Å². The van der Waals surface area contributed by atoms with Gasteiger partial charge in [-0.15, -0.1) is 0 Å². The Bertz CT molecular complexity index is 856. The van der Waals surface area contributed by atoms with Crippen LogP contribution in [-0.4, -0.2) is 43.1 Å². The molecule has 6 nitrogen and oxygen atoms in total. The molecule has 1 aliphatic rings. The summed E-state index contributed by atoms with van der Waals surface area (Å²) in [5.41, 5.74) is 2.13. The van der Waals surface area contributed by atoms with Crippen LogP contribution in [0.2, 0.25) is 0 Å². The molecule has 26 heavy (non-hydrogen) atoms. The number of carbonyl (C=O) groups is 3. The Morgan fingerprint density at radius 1 is 1.04 bits per heavy atom. The van der Waals surface area contributed by atoms with Crippen LogP contribution < -0.4 is 0 Å². The van der Waals surface area contributed by atoms with Gasteiger partial charge < -0.3 is 9.47 Å². The number of ether oxygens (including phenoxy) is 2. The lowest BCUT2D eigenvalue weighted by Gasteiger charge is -2.14. The van der Waals surface area contributed by atoms with E-state index in [1.54, 1.807) is 30.3 Å². The van der Waals surface area contributed by atoms with Gasteiger partial charge in [-0.2, -0.15) is 0 Å². The van der Waals surface area contributed by atoms with Crippen LogP contribution in [0.4, 0.5) is 4.79 Å². The van der Waals surface area contributed by atoms with Crippen LogP contribution in [0.5, 0.6) is 0 Å². The zero-order valence-electron chi connectivity index (χ0n) is 14.2. The number of esters is 1. The van der Waals surface area contributed by atoms with Crippen LogP contribution in [0.3, 0.4) is 0 Å². The number of benzene rings is 2. The summed E-state index contributed by atoms with van der Waals surface area (Å²) in [6.07, 6.45) is 1.06. The van der Waals surface area contributed by atoms with E-state index in [0.29, 0.717) is 16.7 Å². The molecule has 0 aromatic heterocycles. The summed E-state index contributed by atoms with van der Waals surface area (Å²) in [6.45, 7) is 0.397. The lowest BCUT2D eigenvalue weighted by atomic mass is 10.00. The maximum Gasteiger partial charge on any atom is 0.416 e. The van der Waals surface area contributed by atoms with Crippen molar-refractivity contribution in [2.75, 3.05) is 20.3 Å². The predicted octanol–water partition coefficient (Wildman–Crippen LogP) is 2.99. The lowest BCUT2D eigenvalue weighted by Crippen LogP contribution is -2.32. The minimum Gasteiger partial charge on any atom is -0.465 e. The Kier molecular flexibility index (Phi) is 5.12. The second kappa shape index (κ2) is 7.65. The van der Waals surface area contributed by atoms with Crippen LogP contribution in [-0.2, 0) is 14.3 Å². The van der Waals surface area contributed by atoms with E-state index in [9.17, 15) is 14.4 Å². The number of nitrogens with zero attached hydrogens (tertiary/aromatic N) is 1. The number of amides is 2. The second-order valence-electron chi connectivity index (χ2n) is 5.61. The molecule has 3 rings (SSSR count). The number of cyclic esters (lactones) is 1. The highest BCUT2D eigenvalue weighted by Crippen LogP contribution is 2.23. The number of carbonyl (C=O) groups excluding carboxylic acids is 3. The first-order valence-electron chi connectivity index (χ1n) is 8.04. The summed E-state index contributed by atoms with van der Waals surface area (Å²) >= 11 is 0. The van der Waals surface area contributed by atoms with Gasteiger partial charge in [-0.3, -0.25) is 4.79 Å². The number of rotatable bonds is 4. The van der Waals surface area contributed by atoms with Crippen molar-refractivity contribution >= 4 is 29.6 Å². The largest absolute Gasteiger partial charge is 0.465 e. The van der Waals surface area contributed by atoms with Gasteiger partial charge in [0.2, 0.25) is 0 Å². The summed E-state index contributed by atoms with van der Waals surface area (Å²) in [7, 11) is 1.31. The fourth-order valence-electron chi connectivity index (χ4n) is 2.61. The number of imide groups is 1. The van der Waals surface area contributed by atoms with Crippen LogP contribution in [0.25, 0.3) is 11.6 Å². The molecule has 1 fully saturated rings. The van der Waals surface area contributed by atoms with Gasteiger partial charge >= 0.3 is 12.1 Å². The average molecular weight is 351 g/mol. The SMILES string of the molecule is COC(=O)c1ccc(/C(=C\c2ccccc2)C(=O)N2CCOC2=O)cc1. The van der Waals surface area contributed by atoms with E-state index in [1.807, 2.05) is 30.3 Å². The zero-order valence-corrected chi connectivity index (χ0v) is 14.2. The molecular formula is C20H17NO5. The van der Waals surface area contributed by atoms with Gasteiger partial charge in [0, 0.05) is 5.57 Å². The van der Waals surface area contributed by atoms with Gasteiger partial charge in [0.05, 0.1) is 19.2 Å². The van der Waals surface area contributed by atoms with Crippen molar-refractivity contribution in [2.24, 2.45) is 0 Å². The van der Waals surface area contributed by atoms with Crippen molar-refractivity contribution in [3.05, 3.63) is 71.3 Å². The molecule has 0 spiro atoms. The van der Waals surface area contributed by atoms with Crippen molar-refractivity contribution in [3.63, 3.8) is 0 Å². The first-order valence-corrected chi connectivity index (χ1v) is 8.04. The van der Waals surface area contributed by atoms with E-state index in [2.05, 4.69) is 4.74 Å². The monoisotopic (exact) mass is 351 g/mol. The Morgan fingerprint density at radius 3 is 2.27 bits per heavy atom. The van der Waals surface area contributed by atoms with E-state index < -0.39 is 18.0 Å². The first kappa shape index (κ1) is 17.4. The molecule has 2 aromatic rings. The van der Waals surface area contributed by atoms with Gasteiger partial charge in [-0.05, 0) is 29.3 Å². The Hall–Kier alpha value is -3.41. The number of hydrogen-bond donors (Lipinski definition) is 0. The summed E-state index contributed by atoms with van der Waals surface area (Å²) in [5, 5.41) is 0. The maximum atomic E-state index is 12.9. The Morgan fingerprint density at radius 2 is 1.69 bits per heavy atom. The topological polar surface area (TPSA) is 72.9 Å². The summed E-state index contributed by atoms with van der Waals surface area (Å²) in [4.78, 5) is 37.4. The van der Waals surface area contributed by atoms with Gasteiger partial charge in [0.25, 0.3) is 5.91 Å². The van der Waals surface area contributed by atoms with E-state index >= 15 is 0 Å². The zero-order chi connectivity index (χ0) is 18.5. The van der Waals surface area contributed by atoms with Crippen molar-refractivity contribution in [2.45, 2.75) is 0 Å². The minimum atomic E-state index is -0.653. The molecule has 0 N–H and O–H groups in total. The summed E-state index contributed by atoms with van der Waals surface area (Å²) < 4.78 is 9.55. The fraction of sp³-hybridized carbons (Fsp3) is 0.150. The molecule has 6 heteroatoms. The Balaban J connectivity index is 2.00. The normalized spacial score (nSPS) is 14.1. The van der Waals surface area contributed by atoms with Gasteiger partial charge in [-0.1, -0.05) is 42.5 Å². The second-order valence-corrected chi connectivity index (χ2v) is 5.61. The molecule has 0 atom stereocenters. The third-order valence-corrected chi connectivity index (χ3v) is 3.96. The molecule has 0 saturated carbocycles. The highest BCUT2D eigenvalue weighted by molar-refractivity contribution is 6.27. The molecule has 0 aliphatic carbocycles. The van der Waals surface area contributed by atoms with Crippen LogP contribution in [0.15, 0.2) is 54.6 Å². The van der Waals surface area contributed by atoms with Crippen LogP contribution in [0, 0.1) is 0 Å². The third-order valence-electron chi connectivity index (χ3n) is 3.96. The van der Waals surface area contributed by atoms with Gasteiger partial charge in [0.15, 0.2) is 0 Å². The molecule has 2 amide bonds. The first-order chi connectivity index (χ1) is 12.6. The third kappa shape index (κ3) is 3.64. The van der Waals surface area contributed by atoms with E-state index in [0.717, 1.165) is 10.5 Å². The highest BCUT2D eigenvalue weighted by Gasteiger charge is 2.31. The predicted molar refractivity (Wildman–Crippen MR) is 95.2 cm³/mol. The molecule has 1 aliphatic heterocycles. The minimum absolute atomic E-state index is 0.185. The van der Waals surface area contributed by atoms with Crippen LogP contribution >= 0.6 is 0 Å². The van der Waals surface area contributed by atoms with Gasteiger partial charge in [0.1, 0.15) is 6.61 Å². The molecule has 0 unspecified atom stereocenters. The van der Waals surface area contributed by atoms with Crippen molar-refractivity contribution in [3.8, 4) is 0 Å². The summed E-state index contributed by atoms with van der Waals surface area (Å²) in [5.74, 6) is -0.901. The smallest absolute Gasteiger partial charge is 0.416 e. The fourth-order valence-corrected chi connectivity index (χ4v) is 2.61. The number of hydrogen-bond acceptors (Lipinski definition) is 5. The van der Waals surface area contributed by atoms with Crippen molar-refractivity contribution < 1.29 is 23.9 Å². The lowest BCUT2D eigenvalue weighted by molar-refractivity contribution is -0.121. The van der Waals surface area contributed by atoms with Gasteiger partial charge in [-0.25, -0.2) is 14.5 Å². The molecule has 0 radical (unpaired) electrons. The molecule has 0 bridgehead atoms. The van der Waals surface area contributed by atoms with Crippen molar-refractivity contribution in [1.82, 2.24) is 4.90 Å². The number of methoxy groups -OCH3 is 1. The molecule has 132 valence electrons. The van der Waals surface area contributed by atoms with Crippen LogP contribution in [0.1, 0.15) is 21.5 Å². The molecule has 1 saturated heterocycles. The average Bonchev–Trinajstić information content (AvgIpc) is 3.12. The van der Waals surface area contributed by atoms with Crippen molar-refractivity contribution in [1.29, 1.82) is 0 Å².